The minimum atomic E-state index is -0.454. The Labute approximate surface area is 128 Å². The number of benzene rings is 2. The minimum Gasteiger partial charge on any atom is -0.465 e. The number of esters is 1. The highest BCUT2D eigenvalue weighted by Gasteiger charge is 2.15. The molecule has 22 heavy (non-hydrogen) atoms. The maximum absolute atomic E-state index is 12.5. The number of nitrogens with one attached hydrogen (secondary N) is 1. The highest BCUT2D eigenvalue weighted by molar-refractivity contribution is 6.05. The molecule has 3 rings (SSSR count). The van der Waals surface area contributed by atoms with Crippen LogP contribution in [0.1, 0.15) is 29.8 Å². The Bertz CT molecular complexity index is 894. The van der Waals surface area contributed by atoms with Crippen LogP contribution in [0.3, 0.4) is 0 Å². The number of hydrogen-bond acceptors (Lipinski definition) is 3. The van der Waals surface area contributed by atoms with Gasteiger partial charge in [0, 0.05) is 16.3 Å². The van der Waals surface area contributed by atoms with Gasteiger partial charge in [-0.25, -0.2) is 4.79 Å². The van der Waals surface area contributed by atoms with Crippen molar-refractivity contribution in [1.82, 2.24) is 4.98 Å². The molecule has 0 amide bonds. The van der Waals surface area contributed by atoms with Gasteiger partial charge in [0.15, 0.2) is 5.43 Å². The van der Waals surface area contributed by atoms with Crippen molar-refractivity contribution in [3.63, 3.8) is 0 Å². The zero-order chi connectivity index (χ0) is 16.3. The fraction of sp³-hybridized carbons (Fsp3) is 0.222. The summed E-state index contributed by atoms with van der Waals surface area (Å²) in [7, 11) is 1.33. The summed E-state index contributed by atoms with van der Waals surface area (Å²) in [5.74, 6) is -0.454. The number of aromatic amines is 1. The summed E-state index contributed by atoms with van der Waals surface area (Å²) in [6, 6.07) is 10.8. The summed E-state index contributed by atoms with van der Waals surface area (Å²) in [5.41, 5.74) is 2.37. The van der Waals surface area contributed by atoms with Gasteiger partial charge in [0.05, 0.1) is 18.2 Å². The Morgan fingerprint density at radius 1 is 1.09 bits per heavy atom. The van der Waals surface area contributed by atoms with Crippen LogP contribution in [0.25, 0.3) is 21.8 Å². The van der Waals surface area contributed by atoms with E-state index in [1.165, 1.54) is 7.11 Å². The van der Waals surface area contributed by atoms with Crippen molar-refractivity contribution in [1.29, 1.82) is 0 Å². The van der Waals surface area contributed by atoms with Crippen LogP contribution in [0.2, 0.25) is 0 Å². The molecular weight excluding hydrogens is 278 g/mol. The van der Waals surface area contributed by atoms with E-state index in [2.05, 4.69) is 4.98 Å². The van der Waals surface area contributed by atoms with Crippen molar-refractivity contribution in [3.8, 4) is 0 Å². The molecule has 0 aliphatic heterocycles. The highest BCUT2D eigenvalue weighted by Crippen LogP contribution is 2.20. The number of methoxy groups -OCH3 is 1. The predicted molar refractivity (Wildman–Crippen MR) is 89.5 cm³/mol. The lowest BCUT2D eigenvalue weighted by Crippen LogP contribution is -2.10. The Morgan fingerprint density at radius 2 is 1.77 bits per heavy atom. The number of ether oxygens (including phenoxy) is 1. The second kappa shape index (κ2) is 6.43. The van der Waals surface area contributed by atoms with Gasteiger partial charge < -0.3 is 9.72 Å². The smallest absolute Gasteiger partial charge is 0.340 e. The molecule has 3 aromatic rings. The number of rotatable bonds is 1. The molecule has 0 aliphatic carbocycles. The van der Waals surface area contributed by atoms with Crippen LogP contribution >= 0.6 is 0 Å². The third kappa shape index (κ3) is 2.60. The second-order valence-electron chi connectivity index (χ2n) is 4.73. The van der Waals surface area contributed by atoms with E-state index in [1.807, 2.05) is 39.0 Å². The van der Waals surface area contributed by atoms with E-state index in [0.29, 0.717) is 27.4 Å². The van der Waals surface area contributed by atoms with Gasteiger partial charge >= 0.3 is 5.97 Å². The Morgan fingerprint density at radius 3 is 2.45 bits per heavy atom. The SMILES string of the molecule is CC.COC(=O)c1cc(C)cc2c(=O)c3ccccc3[nH]c12. The van der Waals surface area contributed by atoms with Crippen molar-refractivity contribution >= 4 is 27.8 Å². The number of carbonyl (C=O) groups is 1. The van der Waals surface area contributed by atoms with Gasteiger partial charge in [-0.1, -0.05) is 26.0 Å². The first-order valence-electron chi connectivity index (χ1n) is 7.25. The average molecular weight is 297 g/mol. The number of aromatic nitrogens is 1. The molecular formula is C18H19NO3. The number of para-hydroxylation sites is 1. The van der Waals surface area contributed by atoms with Crippen LogP contribution in [0.4, 0.5) is 0 Å². The fourth-order valence-corrected chi connectivity index (χ4v) is 2.44. The molecule has 4 nitrogen and oxygen atoms in total. The molecule has 4 heteroatoms. The first-order valence-corrected chi connectivity index (χ1v) is 7.25. The van der Waals surface area contributed by atoms with Crippen molar-refractivity contribution in [2.45, 2.75) is 20.8 Å². The summed E-state index contributed by atoms with van der Waals surface area (Å²) in [6.45, 7) is 5.85. The molecule has 1 heterocycles. The highest BCUT2D eigenvalue weighted by atomic mass is 16.5. The van der Waals surface area contributed by atoms with Crippen molar-refractivity contribution in [2.75, 3.05) is 7.11 Å². The molecule has 0 radical (unpaired) electrons. The molecule has 0 spiro atoms. The second-order valence-corrected chi connectivity index (χ2v) is 4.73. The largest absolute Gasteiger partial charge is 0.465 e. The van der Waals surface area contributed by atoms with Gasteiger partial charge in [0.1, 0.15) is 0 Å². The van der Waals surface area contributed by atoms with Crippen molar-refractivity contribution in [3.05, 3.63) is 57.7 Å². The van der Waals surface area contributed by atoms with Gasteiger partial charge in [0.25, 0.3) is 0 Å². The van der Waals surface area contributed by atoms with Gasteiger partial charge in [-0.05, 0) is 36.8 Å². The summed E-state index contributed by atoms with van der Waals surface area (Å²) in [4.78, 5) is 27.6. The van der Waals surface area contributed by atoms with Crippen LogP contribution in [0, 0.1) is 6.92 Å². The van der Waals surface area contributed by atoms with E-state index in [1.54, 1.807) is 18.2 Å². The summed E-state index contributed by atoms with van der Waals surface area (Å²) in [6.07, 6.45) is 0. The van der Waals surface area contributed by atoms with Gasteiger partial charge in [-0.2, -0.15) is 0 Å². The van der Waals surface area contributed by atoms with E-state index in [4.69, 9.17) is 4.74 Å². The minimum absolute atomic E-state index is 0.0804. The predicted octanol–water partition coefficient (Wildman–Crippen LogP) is 3.80. The third-order valence-electron chi connectivity index (χ3n) is 3.36. The number of aryl methyl sites for hydroxylation is 1. The topological polar surface area (TPSA) is 59.2 Å². The lowest BCUT2D eigenvalue weighted by molar-refractivity contribution is 0.0602. The molecule has 114 valence electrons. The molecule has 0 fully saturated rings. The van der Waals surface area contributed by atoms with E-state index in [0.717, 1.165) is 5.56 Å². The van der Waals surface area contributed by atoms with E-state index >= 15 is 0 Å². The molecule has 2 aromatic carbocycles. The molecule has 0 saturated heterocycles. The third-order valence-corrected chi connectivity index (χ3v) is 3.36. The lowest BCUT2D eigenvalue weighted by Gasteiger charge is -2.08. The quantitative estimate of drug-likeness (QED) is 0.549. The van der Waals surface area contributed by atoms with E-state index in [-0.39, 0.29) is 5.43 Å². The molecule has 0 saturated carbocycles. The normalized spacial score (nSPS) is 10.2. The van der Waals surface area contributed by atoms with Crippen LogP contribution in [-0.2, 0) is 4.74 Å². The van der Waals surface area contributed by atoms with Crippen LogP contribution in [0.15, 0.2) is 41.2 Å². The Hall–Kier alpha value is -2.62. The van der Waals surface area contributed by atoms with Crippen molar-refractivity contribution in [2.24, 2.45) is 0 Å². The Balaban J connectivity index is 0.000000847. The summed E-state index contributed by atoms with van der Waals surface area (Å²) < 4.78 is 4.79. The number of fused-ring (bicyclic) bond motifs is 2. The van der Waals surface area contributed by atoms with E-state index in [9.17, 15) is 9.59 Å². The first kappa shape index (κ1) is 15.8. The lowest BCUT2D eigenvalue weighted by atomic mass is 10.0. The standard InChI is InChI=1S/C16H13NO3.C2H6/c1-9-7-11-14(12(8-9)16(19)20-2)17-13-6-4-3-5-10(13)15(11)18;1-2/h3-8H,1-2H3,(H,17,18);1-2H3. The maximum atomic E-state index is 12.5. The van der Waals surface area contributed by atoms with Crippen LogP contribution in [0.5, 0.6) is 0 Å². The van der Waals surface area contributed by atoms with Crippen molar-refractivity contribution < 1.29 is 9.53 Å². The first-order chi connectivity index (χ1) is 10.6. The zero-order valence-corrected chi connectivity index (χ0v) is 13.2. The van der Waals surface area contributed by atoms with Crippen LogP contribution in [-0.4, -0.2) is 18.1 Å². The number of carbonyl (C=O) groups excluding carboxylic acids is 1. The fourth-order valence-electron chi connectivity index (χ4n) is 2.44. The maximum Gasteiger partial charge on any atom is 0.340 e. The summed E-state index contributed by atoms with van der Waals surface area (Å²) >= 11 is 0. The van der Waals surface area contributed by atoms with Crippen LogP contribution < -0.4 is 5.43 Å². The molecule has 0 aliphatic rings. The number of pyridine rings is 1. The molecule has 0 bridgehead atoms. The Kier molecular flexibility index (Phi) is 4.61. The number of hydrogen-bond donors (Lipinski definition) is 1. The van der Waals surface area contributed by atoms with Gasteiger partial charge in [-0.15, -0.1) is 0 Å². The van der Waals surface area contributed by atoms with Gasteiger partial charge in [0.2, 0.25) is 0 Å². The molecule has 0 unspecified atom stereocenters. The molecule has 1 aromatic heterocycles. The molecule has 1 N–H and O–H groups in total. The zero-order valence-electron chi connectivity index (χ0n) is 13.2. The van der Waals surface area contributed by atoms with Gasteiger partial charge in [-0.3, -0.25) is 4.79 Å². The number of H-pyrrole nitrogens is 1. The summed E-state index contributed by atoms with van der Waals surface area (Å²) in [5, 5.41) is 1.12. The monoisotopic (exact) mass is 297 g/mol. The average Bonchev–Trinajstić information content (AvgIpc) is 2.56. The van der Waals surface area contributed by atoms with E-state index < -0.39 is 5.97 Å². The molecule has 0 atom stereocenters.